The highest BCUT2D eigenvalue weighted by atomic mass is 16.2. The predicted molar refractivity (Wildman–Crippen MR) is 107 cm³/mol. The topological polar surface area (TPSA) is 113 Å². The van der Waals surface area contributed by atoms with Crippen molar-refractivity contribution in [3.05, 3.63) is 34.9 Å². The maximum Gasteiger partial charge on any atom is 0.262 e. The third-order valence-corrected chi connectivity index (χ3v) is 7.44. The van der Waals surface area contributed by atoms with Crippen molar-refractivity contribution in [2.75, 3.05) is 19.6 Å². The van der Waals surface area contributed by atoms with Gasteiger partial charge in [0.25, 0.3) is 11.8 Å². The summed E-state index contributed by atoms with van der Waals surface area (Å²) in [5, 5.41) is 2.24. The van der Waals surface area contributed by atoms with Crippen LogP contribution in [0, 0.1) is 11.3 Å². The van der Waals surface area contributed by atoms with Gasteiger partial charge in [0.05, 0.1) is 11.1 Å². The van der Waals surface area contributed by atoms with E-state index in [2.05, 4.69) is 10.2 Å². The van der Waals surface area contributed by atoms with Crippen LogP contribution in [0.1, 0.15) is 58.4 Å². The first-order chi connectivity index (χ1) is 14.4. The SMILES string of the molecule is NCC1CC12CCN(Cc1cccc3c1C(=O)N(C1CCC(=O)NC1=O)C3=O)CC2. The van der Waals surface area contributed by atoms with Gasteiger partial charge in [0.2, 0.25) is 11.8 Å². The van der Waals surface area contributed by atoms with E-state index in [0.717, 1.165) is 42.9 Å². The van der Waals surface area contributed by atoms with Crippen LogP contribution < -0.4 is 11.1 Å². The maximum atomic E-state index is 13.2. The van der Waals surface area contributed by atoms with E-state index in [0.29, 0.717) is 29.0 Å². The molecule has 1 aromatic rings. The van der Waals surface area contributed by atoms with Crippen LogP contribution in [0.3, 0.4) is 0 Å². The molecule has 3 fully saturated rings. The Morgan fingerprint density at radius 1 is 1.10 bits per heavy atom. The highest BCUT2D eigenvalue weighted by Gasteiger charge is 2.53. The quantitative estimate of drug-likeness (QED) is 0.705. The van der Waals surface area contributed by atoms with Crippen molar-refractivity contribution >= 4 is 23.6 Å². The third-order valence-electron chi connectivity index (χ3n) is 7.44. The normalized spacial score (nSPS) is 28.1. The number of piperidine rings is 2. The van der Waals surface area contributed by atoms with Gasteiger partial charge in [-0.2, -0.15) is 0 Å². The number of rotatable bonds is 4. The monoisotopic (exact) mass is 410 g/mol. The lowest BCUT2D eigenvalue weighted by atomic mass is 9.90. The number of likely N-dealkylation sites (tertiary alicyclic amines) is 1. The Hall–Kier alpha value is -2.58. The van der Waals surface area contributed by atoms with Crippen LogP contribution in [-0.4, -0.2) is 59.1 Å². The van der Waals surface area contributed by atoms with Gasteiger partial charge in [-0.25, -0.2) is 0 Å². The Kier molecular flexibility index (Phi) is 4.52. The number of hydrogen-bond acceptors (Lipinski definition) is 6. The van der Waals surface area contributed by atoms with E-state index in [1.54, 1.807) is 12.1 Å². The summed E-state index contributed by atoms with van der Waals surface area (Å²) < 4.78 is 0. The van der Waals surface area contributed by atoms with Gasteiger partial charge in [0.15, 0.2) is 0 Å². The van der Waals surface area contributed by atoms with Crippen LogP contribution >= 0.6 is 0 Å². The standard InChI is InChI=1S/C22H26N4O4/c23-11-14-10-22(14)6-8-25(9-7-22)12-13-2-1-3-15-18(13)21(30)26(20(15)29)16-4-5-17(27)24-19(16)28/h1-3,14,16H,4-12,23H2,(H,24,27,28). The first-order valence-electron chi connectivity index (χ1n) is 10.7. The molecule has 8 nitrogen and oxygen atoms in total. The summed E-state index contributed by atoms with van der Waals surface area (Å²) >= 11 is 0. The first-order valence-corrected chi connectivity index (χ1v) is 10.7. The fourth-order valence-electron chi connectivity index (χ4n) is 5.49. The molecule has 0 aromatic heterocycles. The second-order valence-corrected chi connectivity index (χ2v) is 9.06. The Balaban J connectivity index is 1.34. The Morgan fingerprint density at radius 2 is 1.87 bits per heavy atom. The van der Waals surface area contributed by atoms with Crippen LogP contribution in [0.2, 0.25) is 0 Å². The summed E-state index contributed by atoms with van der Waals surface area (Å²) in [4.78, 5) is 53.2. The Bertz CT molecular complexity index is 950. The summed E-state index contributed by atoms with van der Waals surface area (Å²) in [6.45, 7) is 3.28. The number of hydrogen-bond donors (Lipinski definition) is 2. The molecule has 3 N–H and O–H groups in total. The molecule has 8 heteroatoms. The van der Waals surface area contributed by atoms with E-state index in [1.165, 1.54) is 6.42 Å². The Labute approximate surface area is 174 Å². The smallest absolute Gasteiger partial charge is 0.262 e. The van der Waals surface area contributed by atoms with Gasteiger partial charge < -0.3 is 5.73 Å². The van der Waals surface area contributed by atoms with Gasteiger partial charge in [-0.15, -0.1) is 0 Å². The molecule has 3 aliphatic heterocycles. The third kappa shape index (κ3) is 2.97. The molecule has 0 radical (unpaired) electrons. The zero-order chi connectivity index (χ0) is 21.0. The number of nitrogens with zero attached hydrogens (tertiary/aromatic N) is 2. The average Bonchev–Trinajstić information content (AvgIpc) is 3.36. The highest BCUT2D eigenvalue weighted by molar-refractivity contribution is 6.24. The zero-order valence-corrected chi connectivity index (χ0v) is 16.9. The lowest BCUT2D eigenvalue weighted by molar-refractivity contribution is -0.136. The van der Waals surface area contributed by atoms with Crippen molar-refractivity contribution in [1.82, 2.24) is 15.1 Å². The van der Waals surface area contributed by atoms with E-state index in [9.17, 15) is 19.2 Å². The van der Waals surface area contributed by atoms with Crippen molar-refractivity contribution < 1.29 is 19.2 Å². The molecule has 3 heterocycles. The molecule has 4 amide bonds. The fourth-order valence-corrected chi connectivity index (χ4v) is 5.49. The molecule has 1 spiro atoms. The molecule has 1 saturated carbocycles. The number of carbonyl (C=O) groups is 4. The summed E-state index contributed by atoms with van der Waals surface area (Å²) in [5.74, 6) is -1.18. The van der Waals surface area contributed by atoms with Gasteiger partial charge in [-0.05, 0) is 68.3 Å². The first kappa shape index (κ1) is 19.4. The van der Waals surface area contributed by atoms with Gasteiger partial charge >= 0.3 is 0 Å². The van der Waals surface area contributed by atoms with Crippen LogP contribution in [0.25, 0.3) is 0 Å². The van der Waals surface area contributed by atoms with E-state index in [1.807, 2.05) is 6.07 Å². The summed E-state index contributed by atoms with van der Waals surface area (Å²) in [7, 11) is 0. The molecule has 1 aromatic carbocycles. The molecule has 5 rings (SSSR count). The van der Waals surface area contributed by atoms with Crippen LogP contribution in [0.4, 0.5) is 0 Å². The second-order valence-electron chi connectivity index (χ2n) is 9.06. The number of benzene rings is 1. The number of imide groups is 2. The second kappa shape index (κ2) is 6.99. The molecule has 2 saturated heterocycles. The highest BCUT2D eigenvalue weighted by Crippen LogP contribution is 2.58. The minimum absolute atomic E-state index is 0.121. The molecule has 30 heavy (non-hydrogen) atoms. The Morgan fingerprint density at radius 3 is 2.53 bits per heavy atom. The molecule has 2 atom stereocenters. The van der Waals surface area contributed by atoms with Crippen molar-refractivity contribution in [2.45, 2.75) is 44.7 Å². The van der Waals surface area contributed by atoms with Gasteiger partial charge in [0, 0.05) is 13.0 Å². The van der Waals surface area contributed by atoms with Gasteiger partial charge in [-0.3, -0.25) is 34.3 Å². The number of nitrogens with two attached hydrogens (primary N) is 1. The van der Waals surface area contributed by atoms with Gasteiger partial charge in [0.1, 0.15) is 6.04 Å². The van der Waals surface area contributed by atoms with E-state index < -0.39 is 23.8 Å². The number of fused-ring (bicyclic) bond motifs is 1. The van der Waals surface area contributed by atoms with Crippen LogP contribution in [-0.2, 0) is 16.1 Å². The fraction of sp³-hybridized carbons (Fsp3) is 0.545. The number of nitrogens with one attached hydrogen (secondary N) is 1. The minimum Gasteiger partial charge on any atom is -0.330 e. The van der Waals surface area contributed by atoms with Gasteiger partial charge in [-0.1, -0.05) is 12.1 Å². The number of amides is 4. The molecule has 2 unspecified atom stereocenters. The van der Waals surface area contributed by atoms with Crippen molar-refractivity contribution in [1.29, 1.82) is 0 Å². The lowest BCUT2D eigenvalue weighted by Crippen LogP contribution is -2.54. The van der Waals surface area contributed by atoms with Crippen LogP contribution in [0.15, 0.2) is 18.2 Å². The van der Waals surface area contributed by atoms with Crippen LogP contribution in [0.5, 0.6) is 0 Å². The molecular formula is C22H26N4O4. The summed E-state index contributed by atoms with van der Waals surface area (Å²) in [5.41, 5.74) is 7.85. The molecular weight excluding hydrogens is 384 g/mol. The van der Waals surface area contributed by atoms with E-state index in [-0.39, 0.29) is 18.7 Å². The predicted octanol–water partition coefficient (Wildman–Crippen LogP) is 0.649. The lowest BCUT2D eigenvalue weighted by Gasteiger charge is -2.33. The largest absolute Gasteiger partial charge is 0.330 e. The summed E-state index contributed by atoms with van der Waals surface area (Å²) in [6.07, 6.45) is 3.77. The van der Waals surface area contributed by atoms with Crippen molar-refractivity contribution in [3.8, 4) is 0 Å². The minimum atomic E-state index is -0.930. The zero-order valence-electron chi connectivity index (χ0n) is 16.9. The maximum absolute atomic E-state index is 13.2. The number of carbonyl (C=O) groups excluding carboxylic acids is 4. The molecule has 4 aliphatic rings. The van der Waals surface area contributed by atoms with E-state index >= 15 is 0 Å². The average molecular weight is 410 g/mol. The van der Waals surface area contributed by atoms with E-state index in [4.69, 9.17) is 5.73 Å². The van der Waals surface area contributed by atoms with Crippen molar-refractivity contribution in [3.63, 3.8) is 0 Å². The molecule has 1 aliphatic carbocycles. The summed E-state index contributed by atoms with van der Waals surface area (Å²) in [6, 6.07) is 4.40. The molecule has 0 bridgehead atoms. The molecule has 158 valence electrons. The van der Waals surface area contributed by atoms with Crippen molar-refractivity contribution in [2.24, 2.45) is 17.1 Å².